The van der Waals surface area contributed by atoms with Gasteiger partial charge in [0.1, 0.15) is 10.7 Å². The molecule has 1 aliphatic rings. The molecule has 2 aromatic carbocycles. The molecule has 0 aromatic heterocycles. The van der Waals surface area contributed by atoms with E-state index in [1.807, 2.05) is 6.07 Å². The van der Waals surface area contributed by atoms with Gasteiger partial charge in [0.25, 0.3) is 5.91 Å². The largest absolute Gasteiger partial charge is 0.348 e. The van der Waals surface area contributed by atoms with Crippen LogP contribution in [-0.2, 0) is 29.4 Å². The summed E-state index contributed by atoms with van der Waals surface area (Å²) in [4.78, 5) is 11.5. The van der Waals surface area contributed by atoms with Crippen LogP contribution in [0.5, 0.6) is 0 Å². The molecule has 0 saturated carbocycles. The van der Waals surface area contributed by atoms with Gasteiger partial charge in [0.2, 0.25) is 10.0 Å². The molecule has 1 aliphatic carbocycles. The predicted molar refractivity (Wildman–Crippen MR) is 87.4 cm³/mol. The van der Waals surface area contributed by atoms with E-state index in [1.165, 1.54) is 17.2 Å². The molecule has 2 aromatic rings. The third-order valence-corrected chi connectivity index (χ3v) is 5.06. The zero-order valence-electron chi connectivity index (χ0n) is 12.9. The van der Waals surface area contributed by atoms with E-state index in [-0.39, 0.29) is 5.56 Å². The number of hydrogen-bond donors (Lipinski definition) is 2. The highest BCUT2D eigenvalue weighted by molar-refractivity contribution is 7.89. The highest BCUT2D eigenvalue weighted by Crippen LogP contribution is 2.22. The van der Waals surface area contributed by atoms with Crippen molar-refractivity contribution < 1.29 is 17.6 Å². The van der Waals surface area contributed by atoms with Gasteiger partial charge in [0.05, 0.1) is 0 Å². The molecule has 3 rings (SSSR count). The lowest BCUT2D eigenvalue weighted by Crippen LogP contribution is -2.23. The van der Waals surface area contributed by atoms with Crippen LogP contribution in [0.4, 0.5) is 4.39 Å². The van der Waals surface area contributed by atoms with Crippen molar-refractivity contribution in [2.75, 3.05) is 0 Å². The molecule has 126 valence electrons. The van der Waals surface area contributed by atoms with Gasteiger partial charge in [0, 0.05) is 12.1 Å². The zero-order valence-corrected chi connectivity index (χ0v) is 13.7. The van der Waals surface area contributed by atoms with Crippen LogP contribution in [0.2, 0.25) is 0 Å². The topological polar surface area (TPSA) is 89.3 Å². The number of nitrogens with one attached hydrogen (secondary N) is 1. The molecule has 0 spiro atoms. The molecular weight excluding hydrogens is 331 g/mol. The summed E-state index contributed by atoms with van der Waals surface area (Å²) in [5.74, 6) is -1.52. The van der Waals surface area contributed by atoms with Gasteiger partial charge in [0.15, 0.2) is 0 Å². The van der Waals surface area contributed by atoms with E-state index in [2.05, 4.69) is 17.4 Å². The fraction of sp³-hybridized carbons (Fsp3) is 0.235. The van der Waals surface area contributed by atoms with Gasteiger partial charge in [-0.25, -0.2) is 17.9 Å². The molecule has 0 aliphatic heterocycles. The fourth-order valence-corrected chi connectivity index (χ4v) is 3.48. The second kappa shape index (κ2) is 6.33. The van der Waals surface area contributed by atoms with Crippen LogP contribution in [-0.4, -0.2) is 14.3 Å². The number of aryl methyl sites for hydroxylation is 2. The first kappa shape index (κ1) is 16.6. The zero-order chi connectivity index (χ0) is 17.3. The first-order valence-corrected chi connectivity index (χ1v) is 9.10. The van der Waals surface area contributed by atoms with Gasteiger partial charge in [-0.1, -0.05) is 18.2 Å². The van der Waals surface area contributed by atoms with Crippen LogP contribution < -0.4 is 10.5 Å². The van der Waals surface area contributed by atoms with E-state index in [0.29, 0.717) is 6.54 Å². The van der Waals surface area contributed by atoms with Gasteiger partial charge in [-0.05, 0) is 54.2 Å². The Kier molecular flexibility index (Phi) is 4.38. The smallest absolute Gasteiger partial charge is 0.251 e. The molecule has 0 unspecified atom stereocenters. The van der Waals surface area contributed by atoms with E-state index in [9.17, 15) is 17.6 Å². The SMILES string of the molecule is NS(=O)(=O)c1ccc(C(=O)NCc2ccc3c(c2)CCC3)cc1F. The second-order valence-electron chi connectivity index (χ2n) is 5.83. The van der Waals surface area contributed by atoms with Crippen molar-refractivity contribution in [2.24, 2.45) is 5.14 Å². The number of carbonyl (C=O) groups excluding carboxylic acids is 1. The van der Waals surface area contributed by atoms with Crippen LogP contribution in [0, 0.1) is 5.82 Å². The lowest BCUT2D eigenvalue weighted by Gasteiger charge is -2.08. The maximum Gasteiger partial charge on any atom is 0.251 e. The molecule has 0 bridgehead atoms. The summed E-state index contributed by atoms with van der Waals surface area (Å²) in [6, 6.07) is 9.22. The molecular formula is C17H17FN2O3S. The molecule has 3 N–H and O–H groups in total. The number of rotatable bonds is 4. The highest BCUT2D eigenvalue weighted by atomic mass is 32.2. The molecule has 0 radical (unpaired) electrons. The third kappa shape index (κ3) is 3.47. The average molecular weight is 348 g/mol. The van der Waals surface area contributed by atoms with Gasteiger partial charge in [-0.3, -0.25) is 4.79 Å². The Balaban J connectivity index is 1.70. The quantitative estimate of drug-likeness (QED) is 0.884. The van der Waals surface area contributed by atoms with Crippen molar-refractivity contribution in [1.82, 2.24) is 5.32 Å². The number of nitrogens with two attached hydrogens (primary N) is 1. The monoisotopic (exact) mass is 348 g/mol. The Morgan fingerprint density at radius 3 is 2.58 bits per heavy atom. The van der Waals surface area contributed by atoms with Crippen molar-refractivity contribution in [1.29, 1.82) is 0 Å². The number of carbonyl (C=O) groups is 1. The first-order valence-electron chi connectivity index (χ1n) is 7.56. The minimum Gasteiger partial charge on any atom is -0.348 e. The van der Waals surface area contributed by atoms with Crippen molar-refractivity contribution >= 4 is 15.9 Å². The summed E-state index contributed by atoms with van der Waals surface area (Å²) in [6.07, 6.45) is 3.30. The van der Waals surface area contributed by atoms with E-state index >= 15 is 0 Å². The minimum atomic E-state index is -4.14. The average Bonchev–Trinajstić information content (AvgIpc) is 2.98. The first-order chi connectivity index (χ1) is 11.3. The minimum absolute atomic E-state index is 0.0426. The number of benzene rings is 2. The molecule has 5 nitrogen and oxygen atoms in total. The lowest BCUT2D eigenvalue weighted by atomic mass is 10.1. The number of fused-ring (bicyclic) bond motifs is 1. The maximum absolute atomic E-state index is 13.8. The Morgan fingerprint density at radius 2 is 1.88 bits per heavy atom. The molecule has 0 heterocycles. The molecule has 24 heavy (non-hydrogen) atoms. The molecule has 0 fully saturated rings. The summed E-state index contributed by atoms with van der Waals surface area (Å²) in [5.41, 5.74) is 3.68. The predicted octanol–water partition coefficient (Wildman–Crippen LogP) is 1.89. The lowest BCUT2D eigenvalue weighted by molar-refractivity contribution is 0.0950. The number of primary sulfonamides is 1. The fourth-order valence-electron chi connectivity index (χ4n) is 2.89. The Hall–Kier alpha value is -2.25. The number of sulfonamides is 1. The van der Waals surface area contributed by atoms with Crippen molar-refractivity contribution in [3.05, 3.63) is 64.5 Å². The van der Waals surface area contributed by atoms with E-state index in [4.69, 9.17) is 5.14 Å². The highest BCUT2D eigenvalue weighted by Gasteiger charge is 2.17. The van der Waals surface area contributed by atoms with E-state index in [1.54, 1.807) is 0 Å². The summed E-state index contributed by atoms with van der Waals surface area (Å²) in [6.45, 7) is 0.324. The molecule has 0 atom stereocenters. The Morgan fingerprint density at radius 1 is 1.12 bits per heavy atom. The normalized spacial score (nSPS) is 13.6. The van der Waals surface area contributed by atoms with Crippen LogP contribution in [0.3, 0.4) is 0 Å². The van der Waals surface area contributed by atoms with Gasteiger partial charge in [-0.15, -0.1) is 0 Å². The Labute approximate surface area is 139 Å². The summed E-state index contributed by atoms with van der Waals surface area (Å²) in [7, 11) is -4.14. The third-order valence-electron chi connectivity index (χ3n) is 4.12. The van der Waals surface area contributed by atoms with Crippen molar-refractivity contribution in [2.45, 2.75) is 30.7 Å². The second-order valence-corrected chi connectivity index (χ2v) is 7.36. The maximum atomic E-state index is 13.8. The number of hydrogen-bond acceptors (Lipinski definition) is 3. The van der Waals surface area contributed by atoms with Crippen molar-refractivity contribution in [3.63, 3.8) is 0 Å². The van der Waals surface area contributed by atoms with Gasteiger partial charge in [-0.2, -0.15) is 0 Å². The van der Waals surface area contributed by atoms with E-state index in [0.717, 1.165) is 37.0 Å². The van der Waals surface area contributed by atoms with Crippen LogP contribution >= 0.6 is 0 Å². The number of amides is 1. The van der Waals surface area contributed by atoms with Gasteiger partial charge >= 0.3 is 0 Å². The molecule has 0 saturated heterocycles. The molecule has 7 heteroatoms. The van der Waals surface area contributed by atoms with Crippen LogP contribution in [0.25, 0.3) is 0 Å². The molecule has 1 amide bonds. The van der Waals surface area contributed by atoms with Crippen LogP contribution in [0.15, 0.2) is 41.3 Å². The summed E-state index contributed by atoms with van der Waals surface area (Å²) >= 11 is 0. The summed E-state index contributed by atoms with van der Waals surface area (Å²) < 4.78 is 36.1. The Bertz CT molecular complexity index is 910. The van der Waals surface area contributed by atoms with E-state index < -0.39 is 26.6 Å². The van der Waals surface area contributed by atoms with Gasteiger partial charge < -0.3 is 5.32 Å². The summed E-state index contributed by atoms with van der Waals surface area (Å²) in [5, 5.41) is 7.60. The number of halogens is 1. The van der Waals surface area contributed by atoms with Crippen molar-refractivity contribution in [3.8, 4) is 0 Å². The van der Waals surface area contributed by atoms with Crippen LogP contribution in [0.1, 0.15) is 33.5 Å². The standard InChI is InChI=1S/C17H17FN2O3S/c18-15-9-14(6-7-16(15)24(19,22)23)17(21)20-10-11-4-5-12-2-1-3-13(12)8-11/h4-9H,1-3,10H2,(H,20,21)(H2,19,22,23).